The second-order valence-corrected chi connectivity index (χ2v) is 1.87. The van der Waals surface area contributed by atoms with Crippen molar-refractivity contribution in [1.82, 2.24) is 5.43 Å². The van der Waals surface area contributed by atoms with Gasteiger partial charge in [-0.1, -0.05) is 0 Å². The SMILES string of the molecule is NNC(=O)[C@@H]1C[C@H]1F. The number of hydrogen-bond donors (Lipinski definition) is 2. The summed E-state index contributed by atoms with van der Waals surface area (Å²) in [5.41, 5.74) is 1.88. The van der Waals surface area contributed by atoms with E-state index in [2.05, 4.69) is 0 Å². The normalized spacial score (nSPS) is 34.2. The highest BCUT2D eigenvalue weighted by Gasteiger charge is 2.43. The molecule has 0 saturated heterocycles. The zero-order chi connectivity index (χ0) is 6.15. The standard InChI is InChI=1S/C4H7FN2O/c5-3-1-2(3)4(8)7-6/h2-3H,1,6H2,(H,7,8)/t2-,3-/m1/s1. The van der Waals surface area contributed by atoms with Crippen molar-refractivity contribution < 1.29 is 9.18 Å². The number of carbonyl (C=O) groups excluding carboxylic acids is 1. The summed E-state index contributed by atoms with van der Waals surface area (Å²) in [4.78, 5) is 10.3. The van der Waals surface area contributed by atoms with E-state index in [0.29, 0.717) is 6.42 Å². The second-order valence-electron chi connectivity index (χ2n) is 1.87. The van der Waals surface area contributed by atoms with Crippen molar-refractivity contribution in [1.29, 1.82) is 0 Å². The molecule has 1 saturated carbocycles. The lowest BCUT2D eigenvalue weighted by atomic mass is 10.4. The van der Waals surface area contributed by atoms with Crippen LogP contribution in [0.1, 0.15) is 6.42 Å². The van der Waals surface area contributed by atoms with Crippen LogP contribution in [0.5, 0.6) is 0 Å². The van der Waals surface area contributed by atoms with Gasteiger partial charge in [-0.05, 0) is 6.42 Å². The topological polar surface area (TPSA) is 55.1 Å². The number of alkyl halides is 1. The second kappa shape index (κ2) is 1.70. The fraction of sp³-hybridized carbons (Fsp3) is 0.750. The van der Waals surface area contributed by atoms with Crippen molar-refractivity contribution in [2.24, 2.45) is 11.8 Å². The number of amides is 1. The molecule has 1 rings (SSSR count). The third-order valence-electron chi connectivity index (χ3n) is 1.19. The van der Waals surface area contributed by atoms with Gasteiger partial charge in [0.2, 0.25) is 5.91 Å². The van der Waals surface area contributed by atoms with E-state index in [9.17, 15) is 9.18 Å². The van der Waals surface area contributed by atoms with Gasteiger partial charge in [0.05, 0.1) is 5.92 Å². The van der Waals surface area contributed by atoms with Crippen molar-refractivity contribution in [3.8, 4) is 0 Å². The molecule has 0 radical (unpaired) electrons. The van der Waals surface area contributed by atoms with Crippen molar-refractivity contribution in [3.63, 3.8) is 0 Å². The van der Waals surface area contributed by atoms with Gasteiger partial charge in [-0.25, -0.2) is 10.2 Å². The third kappa shape index (κ3) is 0.790. The Balaban J connectivity index is 2.28. The molecule has 1 aliphatic carbocycles. The number of carbonyl (C=O) groups is 1. The molecule has 0 heterocycles. The molecule has 4 heteroatoms. The first-order valence-electron chi connectivity index (χ1n) is 2.40. The largest absolute Gasteiger partial charge is 0.294 e. The van der Waals surface area contributed by atoms with Crippen LogP contribution in [-0.4, -0.2) is 12.1 Å². The van der Waals surface area contributed by atoms with E-state index in [1.165, 1.54) is 0 Å². The van der Waals surface area contributed by atoms with Crippen molar-refractivity contribution in [3.05, 3.63) is 0 Å². The van der Waals surface area contributed by atoms with E-state index < -0.39 is 18.0 Å². The Kier molecular flexibility index (Phi) is 1.17. The molecule has 0 spiro atoms. The molecule has 3 N–H and O–H groups in total. The fourth-order valence-corrected chi connectivity index (χ4v) is 0.542. The summed E-state index contributed by atoms with van der Waals surface area (Å²) in [6.45, 7) is 0. The van der Waals surface area contributed by atoms with Crippen LogP contribution >= 0.6 is 0 Å². The summed E-state index contributed by atoms with van der Waals surface area (Å²) in [6, 6.07) is 0. The van der Waals surface area contributed by atoms with Gasteiger partial charge >= 0.3 is 0 Å². The van der Waals surface area contributed by atoms with Crippen LogP contribution in [0.25, 0.3) is 0 Å². The minimum absolute atomic E-state index is 0.336. The lowest BCUT2D eigenvalue weighted by Crippen LogP contribution is -2.31. The highest BCUT2D eigenvalue weighted by molar-refractivity contribution is 5.81. The van der Waals surface area contributed by atoms with Gasteiger partial charge in [-0.15, -0.1) is 0 Å². The average molecular weight is 118 g/mol. The Labute approximate surface area is 46.0 Å². The summed E-state index contributed by atoms with van der Waals surface area (Å²) >= 11 is 0. The molecule has 2 atom stereocenters. The maximum absolute atomic E-state index is 11.9. The molecule has 0 aromatic carbocycles. The number of hydrogen-bond acceptors (Lipinski definition) is 2. The predicted molar refractivity (Wildman–Crippen MR) is 25.3 cm³/mol. The lowest BCUT2D eigenvalue weighted by Gasteiger charge is -1.90. The number of hydrazine groups is 1. The molecule has 3 nitrogen and oxygen atoms in total. The molecule has 8 heavy (non-hydrogen) atoms. The molecule has 0 aromatic rings. The summed E-state index contributed by atoms with van der Waals surface area (Å²) in [5, 5.41) is 0. The molecular formula is C4H7FN2O. The number of nitrogens with two attached hydrogens (primary N) is 1. The first-order chi connectivity index (χ1) is 3.75. The quantitative estimate of drug-likeness (QED) is 0.272. The molecule has 1 aliphatic rings. The van der Waals surface area contributed by atoms with Gasteiger partial charge in [0.25, 0.3) is 0 Å². The number of halogens is 1. The zero-order valence-electron chi connectivity index (χ0n) is 4.23. The molecule has 0 aromatic heterocycles. The number of nitrogens with one attached hydrogen (secondary N) is 1. The van der Waals surface area contributed by atoms with Crippen molar-refractivity contribution >= 4 is 5.91 Å². The smallest absolute Gasteiger partial charge is 0.240 e. The zero-order valence-corrected chi connectivity index (χ0v) is 4.23. The van der Waals surface area contributed by atoms with Crippen LogP contribution in [0.15, 0.2) is 0 Å². The van der Waals surface area contributed by atoms with Gasteiger partial charge in [-0.3, -0.25) is 10.2 Å². The van der Waals surface area contributed by atoms with Crippen LogP contribution in [0.4, 0.5) is 4.39 Å². The Bertz CT molecular complexity index is 117. The molecular weight excluding hydrogens is 111 g/mol. The van der Waals surface area contributed by atoms with Crippen molar-refractivity contribution in [2.45, 2.75) is 12.6 Å². The monoisotopic (exact) mass is 118 g/mol. The third-order valence-corrected chi connectivity index (χ3v) is 1.19. The summed E-state index contributed by atoms with van der Waals surface area (Å²) < 4.78 is 11.9. The first-order valence-corrected chi connectivity index (χ1v) is 2.40. The summed E-state index contributed by atoms with van der Waals surface area (Å²) in [7, 11) is 0. The van der Waals surface area contributed by atoms with E-state index in [4.69, 9.17) is 5.84 Å². The van der Waals surface area contributed by atoms with E-state index >= 15 is 0 Å². The van der Waals surface area contributed by atoms with Crippen LogP contribution in [-0.2, 0) is 4.79 Å². The summed E-state index contributed by atoms with van der Waals surface area (Å²) in [6.07, 6.45) is -0.609. The molecule has 0 aliphatic heterocycles. The van der Waals surface area contributed by atoms with Crippen molar-refractivity contribution in [2.75, 3.05) is 0 Å². The van der Waals surface area contributed by atoms with E-state index in [-0.39, 0.29) is 0 Å². The van der Waals surface area contributed by atoms with E-state index in [0.717, 1.165) is 0 Å². The molecule has 1 fully saturated rings. The van der Waals surface area contributed by atoms with Gasteiger partial charge in [-0.2, -0.15) is 0 Å². The maximum Gasteiger partial charge on any atom is 0.240 e. The molecule has 1 amide bonds. The maximum atomic E-state index is 11.9. The van der Waals surface area contributed by atoms with Gasteiger partial charge in [0, 0.05) is 0 Å². The average Bonchev–Trinajstić information content (AvgIpc) is 2.45. The lowest BCUT2D eigenvalue weighted by molar-refractivity contribution is -0.122. The van der Waals surface area contributed by atoms with Gasteiger partial charge in [0.15, 0.2) is 0 Å². The van der Waals surface area contributed by atoms with Crippen LogP contribution in [0, 0.1) is 5.92 Å². The Morgan fingerprint density at radius 2 is 2.38 bits per heavy atom. The Morgan fingerprint density at radius 1 is 1.88 bits per heavy atom. The van der Waals surface area contributed by atoms with Crippen LogP contribution < -0.4 is 11.3 Å². The van der Waals surface area contributed by atoms with Crippen LogP contribution in [0.3, 0.4) is 0 Å². The highest BCUT2D eigenvalue weighted by atomic mass is 19.1. The predicted octanol–water partition coefficient (Wildman–Crippen LogP) is -0.666. The molecule has 46 valence electrons. The molecule has 0 unspecified atom stereocenters. The Morgan fingerprint density at radius 3 is 2.50 bits per heavy atom. The highest BCUT2D eigenvalue weighted by Crippen LogP contribution is 2.33. The first kappa shape index (κ1) is 5.50. The Hall–Kier alpha value is -0.640. The van der Waals surface area contributed by atoms with E-state index in [1.54, 1.807) is 0 Å². The minimum Gasteiger partial charge on any atom is -0.294 e. The summed E-state index contributed by atoms with van der Waals surface area (Å²) in [5.74, 6) is 3.86. The minimum atomic E-state index is -0.946. The van der Waals surface area contributed by atoms with Gasteiger partial charge in [0.1, 0.15) is 6.17 Å². The van der Waals surface area contributed by atoms with E-state index in [1.807, 2.05) is 5.43 Å². The fourth-order valence-electron chi connectivity index (χ4n) is 0.542. The molecule has 0 bridgehead atoms. The van der Waals surface area contributed by atoms with Crippen LogP contribution in [0.2, 0.25) is 0 Å². The van der Waals surface area contributed by atoms with Gasteiger partial charge < -0.3 is 0 Å². The number of rotatable bonds is 1.